The van der Waals surface area contributed by atoms with Crippen molar-refractivity contribution in [1.82, 2.24) is 0 Å². The highest BCUT2D eigenvalue weighted by molar-refractivity contribution is 5.91. The summed E-state index contributed by atoms with van der Waals surface area (Å²) < 4.78 is 6.42. The Balaban J connectivity index is 1.41. The average Bonchev–Trinajstić information content (AvgIpc) is 3.14. The first-order valence-corrected chi connectivity index (χ1v) is 13.0. The molecule has 0 aliphatic heterocycles. The number of ether oxygens (including phenoxy) is 1. The number of carbonyl (C=O) groups is 2. The molecule has 4 saturated carbocycles. The van der Waals surface area contributed by atoms with E-state index in [2.05, 4.69) is 12.8 Å². The van der Waals surface area contributed by atoms with Gasteiger partial charge in [0.25, 0.3) is 0 Å². The van der Waals surface area contributed by atoms with Crippen LogP contribution in [0.1, 0.15) is 96.8 Å². The van der Waals surface area contributed by atoms with Gasteiger partial charge in [0, 0.05) is 11.8 Å². The number of esters is 1. The molecular weight excluding hydrogens is 384 g/mol. The maximum Gasteiger partial charge on any atom is 0.310 e. The van der Waals surface area contributed by atoms with Gasteiger partial charge in [-0.25, -0.2) is 0 Å². The summed E-state index contributed by atoms with van der Waals surface area (Å²) in [5, 5.41) is 0. The molecule has 3 heteroatoms. The smallest absolute Gasteiger partial charge is 0.310 e. The lowest BCUT2D eigenvalue weighted by molar-refractivity contribution is -0.179. The fourth-order valence-corrected chi connectivity index (χ4v) is 8.71. The number of rotatable bonds is 3. The Morgan fingerprint density at radius 1 is 1.06 bits per heavy atom. The maximum atomic E-state index is 13.2. The van der Waals surface area contributed by atoms with E-state index in [1.807, 2.05) is 6.08 Å². The van der Waals surface area contributed by atoms with Crippen molar-refractivity contribution in [2.75, 3.05) is 0 Å². The van der Waals surface area contributed by atoms with E-state index in [0.29, 0.717) is 35.9 Å². The lowest BCUT2D eigenvalue weighted by Gasteiger charge is -2.56. The predicted molar refractivity (Wildman–Crippen MR) is 121 cm³/mol. The lowest BCUT2D eigenvalue weighted by Crippen LogP contribution is -2.55. The van der Waals surface area contributed by atoms with Crippen LogP contribution in [0.4, 0.5) is 0 Å². The van der Waals surface area contributed by atoms with Crippen LogP contribution in [0.2, 0.25) is 0 Å². The van der Waals surface area contributed by atoms with Crippen LogP contribution in [0.25, 0.3) is 0 Å². The second-order valence-corrected chi connectivity index (χ2v) is 11.1. The molecule has 31 heavy (non-hydrogen) atoms. The molecule has 5 rings (SSSR count). The number of hydrogen-bond donors (Lipinski definition) is 0. The molecule has 0 bridgehead atoms. The maximum absolute atomic E-state index is 13.2. The van der Waals surface area contributed by atoms with Crippen molar-refractivity contribution in [2.24, 2.45) is 35.0 Å². The number of terminal acetylenes is 1. The summed E-state index contributed by atoms with van der Waals surface area (Å²) in [4.78, 5) is 25.2. The zero-order chi connectivity index (χ0) is 21.6. The molecule has 4 fully saturated rings. The molecule has 0 aromatic heterocycles. The van der Waals surface area contributed by atoms with Crippen molar-refractivity contribution in [3.8, 4) is 12.3 Å². The lowest BCUT2D eigenvalue weighted by atomic mass is 9.49. The first-order valence-electron chi connectivity index (χ1n) is 13.0. The summed E-state index contributed by atoms with van der Waals surface area (Å²) >= 11 is 0. The third-order valence-corrected chi connectivity index (χ3v) is 10.2. The van der Waals surface area contributed by atoms with Gasteiger partial charge in [-0.1, -0.05) is 37.7 Å². The van der Waals surface area contributed by atoms with E-state index >= 15 is 0 Å². The highest BCUT2D eigenvalue weighted by Crippen LogP contribution is 2.67. The van der Waals surface area contributed by atoms with Crippen LogP contribution in [0.15, 0.2) is 11.6 Å². The van der Waals surface area contributed by atoms with Crippen LogP contribution in [0, 0.1) is 47.3 Å². The topological polar surface area (TPSA) is 43.4 Å². The molecule has 0 amide bonds. The van der Waals surface area contributed by atoms with Gasteiger partial charge in [-0.05, 0) is 94.0 Å². The molecule has 0 spiro atoms. The summed E-state index contributed by atoms with van der Waals surface area (Å²) in [6, 6.07) is 0. The van der Waals surface area contributed by atoms with Crippen LogP contribution >= 0.6 is 0 Å². The quantitative estimate of drug-likeness (QED) is 0.413. The second kappa shape index (κ2) is 8.09. The Kier molecular flexibility index (Phi) is 5.56. The fraction of sp³-hybridized carbons (Fsp3) is 0.786. The molecule has 5 aliphatic carbocycles. The fourth-order valence-electron chi connectivity index (χ4n) is 8.71. The van der Waals surface area contributed by atoms with Crippen LogP contribution in [-0.4, -0.2) is 17.4 Å². The highest BCUT2D eigenvalue weighted by atomic mass is 16.6. The minimum atomic E-state index is -0.718. The van der Waals surface area contributed by atoms with E-state index in [9.17, 15) is 9.59 Å². The molecule has 6 atom stereocenters. The number of fused-ring (bicyclic) bond motifs is 5. The molecule has 0 radical (unpaired) electrons. The van der Waals surface area contributed by atoms with Crippen molar-refractivity contribution >= 4 is 11.8 Å². The van der Waals surface area contributed by atoms with Gasteiger partial charge in [-0.2, -0.15) is 0 Å². The summed E-state index contributed by atoms with van der Waals surface area (Å²) in [5.41, 5.74) is 0.634. The third-order valence-electron chi connectivity index (χ3n) is 10.2. The molecule has 5 aliphatic rings. The normalized spacial score (nSPS) is 42.6. The molecule has 3 nitrogen and oxygen atoms in total. The molecule has 0 saturated heterocycles. The van der Waals surface area contributed by atoms with Crippen molar-refractivity contribution in [3.63, 3.8) is 0 Å². The average molecular weight is 423 g/mol. The summed E-state index contributed by atoms with van der Waals surface area (Å²) in [6.45, 7) is 2.27. The molecular formula is C28H38O3. The van der Waals surface area contributed by atoms with Gasteiger partial charge in [-0.3, -0.25) is 9.59 Å². The van der Waals surface area contributed by atoms with E-state index in [1.165, 1.54) is 18.4 Å². The van der Waals surface area contributed by atoms with Gasteiger partial charge >= 0.3 is 5.97 Å². The first kappa shape index (κ1) is 21.3. The van der Waals surface area contributed by atoms with Gasteiger partial charge in [0.2, 0.25) is 0 Å². The van der Waals surface area contributed by atoms with Crippen molar-refractivity contribution in [3.05, 3.63) is 11.6 Å². The van der Waals surface area contributed by atoms with Crippen molar-refractivity contribution in [2.45, 2.75) is 102 Å². The third kappa shape index (κ3) is 3.23. The largest absolute Gasteiger partial charge is 0.445 e. The summed E-state index contributed by atoms with van der Waals surface area (Å²) in [7, 11) is 0. The first-order chi connectivity index (χ1) is 15.0. The molecule has 0 heterocycles. The van der Waals surface area contributed by atoms with E-state index in [4.69, 9.17) is 11.2 Å². The van der Waals surface area contributed by atoms with Crippen molar-refractivity contribution < 1.29 is 14.3 Å². The number of ketones is 1. The van der Waals surface area contributed by atoms with Gasteiger partial charge < -0.3 is 4.74 Å². The molecule has 0 unspecified atom stereocenters. The van der Waals surface area contributed by atoms with Gasteiger partial charge in [0.05, 0.1) is 5.92 Å². The molecule has 168 valence electrons. The SMILES string of the molecule is C#C[C@]1(OC(=O)C2CCCCC2)CC[C@H]2[C@@H]3CCC4=CC(=O)CC[C@@H]4[C@H]3CC[C@@]21CC. The van der Waals surface area contributed by atoms with Crippen LogP contribution in [-0.2, 0) is 14.3 Å². The predicted octanol–water partition coefficient (Wildman–Crippen LogP) is 6.01. The van der Waals surface area contributed by atoms with Gasteiger partial charge in [0.15, 0.2) is 11.4 Å². The number of carbonyl (C=O) groups excluding carboxylic acids is 2. The van der Waals surface area contributed by atoms with E-state index < -0.39 is 5.60 Å². The minimum Gasteiger partial charge on any atom is -0.445 e. The van der Waals surface area contributed by atoms with E-state index in [0.717, 1.165) is 70.6 Å². The van der Waals surface area contributed by atoms with Crippen LogP contribution in [0.3, 0.4) is 0 Å². The van der Waals surface area contributed by atoms with Gasteiger partial charge in [-0.15, -0.1) is 6.42 Å². The van der Waals surface area contributed by atoms with E-state index in [-0.39, 0.29) is 17.3 Å². The second-order valence-electron chi connectivity index (χ2n) is 11.1. The Morgan fingerprint density at radius 3 is 2.61 bits per heavy atom. The van der Waals surface area contributed by atoms with Crippen LogP contribution in [0.5, 0.6) is 0 Å². The minimum absolute atomic E-state index is 0.0205. The highest BCUT2D eigenvalue weighted by Gasteiger charge is 2.66. The van der Waals surface area contributed by atoms with Crippen molar-refractivity contribution in [1.29, 1.82) is 0 Å². The zero-order valence-corrected chi connectivity index (χ0v) is 19.2. The van der Waals surface area contributed by atoms with E-state index in [1.54, 1.807) is 0 Å². The summed E-state index contributed by atoms with van der Waals surface area (Å²) in [6.07, 6.45) is 22.7. The Hall–Kier alpha value is -1.56. The molecule has 0 aromatic carbocycles. The molecule has 0 N–H and O–H groups in total. The zero-order valence-electron chi connectivity index (χ0n) is 19.2. The van der Waals surface area contributed by atoms with Crippen LogP contribution < -0.4 is 0 Å². The Labute approximate surface area is 187 Å². The Bertz CT molecular complexity index is 813. The Morgan fingerprint density at radius 2 is 1.87 bits per heavy atom. The number of hydrogen-bond acceptors (Lipinski definition) is 3. The monoisotopic (exact) mass is 422 g/mol. The van der Waals surface area contributed by atoms with Gasteiger partial charge in [0.1, 0.15) is 0 Å². The summed E-state index contributed by atoms with van der Waals surface area (Å²) in [5.74, 6) is 5.93. The number of allylic oxidation sites excluding steroid dienone is 1. The molecule has 0 aromatic rings. The standard InChI is InChI=1S/C28H38O3/c1-3-27-16-14-23-22-13-11-21(29)18-20(22)10-12-24(23)25(27)15-17-28(27,4-2)31-26(30)19-8-6-5-7-9-19/h2,18-19,22-25H,3,5-17H2,1H3/t22-,23+,24+,25-,27-,28-/m0/s1.